The molecule has 0 aliphatic carbocycles. The lowest BCUT2D eigenvalue weighted by Crippen LogP contribution is -2.17. The largest absolute Gasteiger partial charge is 0.333 e. The molecule has 0 amide bonds. The van der Waals surface area contributed by atoms with Gasteiger partial charge in [0.25, 0.3) is 0 Å². The fourth-order valence-electron chi connectivity index (χ4n) is 1.20. The van der Waals surface area contributed by atoms with Gasteiger partial charge in [0.05, 0.1) is 0 Å². The van der Waals surface area contributed by atoms with Gasteiger partial charge in [0.15, 0.2) is 0 Å². The molecule has 1 nitrogen and oxygen atoms in total. The minimum Gasteiger partial charge on any atom is -0.333 e. The van der Waals surface area contributed by atoms with Gasteiger partial charge in [-0.15, -0.1) is 0 Å². The average molecular weight is 123 g/mol. The van der Waals surface area contributed by atoms with Crippen LogP contribution in [0.15, 0.2) is 0 Å². The summed E-state index contributed by atoms with van der Waals surface area (Å²) in [5, 5.41) is 0. The fraction of sp³-hybridized carbons (Fsp3) is 0.750. The summed E-state index contributed by atoms with van der Waals surface area (Å²) in [6, 6.07) is 2.68. The van der Waals surface area contributed by atoms with E-state index in [1.165, 1.54) is 25.7 Å². The van der Waals surface area contributed by atoms with E-state index in [-0.39, 0.29) is 0 Å². The second-order valence-electron chi connectivity index (χ2n) is 2.53. The highest BCUT2D eigenvalue weighted by Gasteiger charge is 2.02. The first-order chi connectivity index (χ1) is 4.43. The number of hydrogen-bond donors (Lipinski definition) is 0. The van der Waals surface area contributed by atoms with Crippen LogP contribution in [0.2, 0.25) is 0 Å². The standard InChI is InChI=1S/C8H13N/c1-2-9-7-5-3-4-6-8-9/h1H,3-8H2. The van der Waals surface area contributed by atoms with Crippen LogP contribution in [0.4, 0.5) is 0 Å². The molecule has 1 heterocycles. The summed E-state index contributed by atoms with van der Waals surface area (Å²) in [5.41, 5.74) is 0. The predicted octanol–water partition coefficient (Wildman–Crippen LogP) is 1.45. The van der Waals surface area contributed by atoms with E-state index in [0.717, 1.165) is 13.1 Å². The zero-order valence-electron chi connectivity index (χ0n) is 5.77. The molecule has 0 saturated carbocycles. The number of terminal acetylenes is 1. The molecule has 1 aliphatic rings. The highest BCUT2D eigenvalue weighted by atomic mass is 15.1. The third kappa shape index (κ3) is 1.97. The maximum atomic E-state index is 5.25. The number of hydrogen-bond acceptors (Lipinski definition) is 1. The lowest BCUT2D eigenvalue weighted by atomic mass is 10.2. The highest BCUT2D eigenvalue weighted by Crippen LogP contribution is 2.07. The Morgan fingerprint density at radius 3 is 2.00 bits per heavy atom. The number of nitrogens with zero attached hydrogens (tertiary/aromatic N) is 1. The molecule has 0 radical (unpaired) electrons. The molecule has 0 unspecified atom stereocenters. The second-order valence-corrected chi connectivity index (χ2v) is 2.53. The van der Waals surface area contributed by atoms with Gasteiger partial charge in [-0.2, -0.15) is 0 Å². The third-order valence-corrected chi connectivity index (χ3v) is 1.79. The van der Waals surface area contributed by atoms with Gasteiger partial charge < -0.3 is 4.90 Å². The van der Waals surface area contributed by atoms with Gasteiger partial charge in [-0.25, -0.2) is 0 Å². The summed E-state index contributed by atoms with van der Waals surface area (Å²) >= 11 is 0. The summed E-state index contributed by atoms with van der Waals surface area (Å²) in [6.07, 6.45) is 10.5. The van der Waals surface area contributed by atoms with Gasteiger partial charge in [0.1, 0.15) is 0 Å². The number of likely N-dealkylation sites (tertiary alicyclic amines) is 1. The Morgan fingerprint density at radius 2 is 1.56 bits per heavy atom. The molecular formula is C8H13N. The minimum atomic E-state index is 1.11. The maximum absolute atomic E-state index is 5.25. The molecule has 1 aliphatic heterocycles. The molecule has 50 valence electrons. The molecule has 1 heteroatoms. The van der Waals surface area contributed by atoms with E-state index in [9.17, 15) is 0 Å². The lowest BCUT2D eigenvalue weighted by Gasteiger charge is -2.12. The molecule has 0 bridgehead atoms. The quantitative estimate of drug-likeness (QED) is 0.441. The van der Waals surface area contributed by atoms with Crippen LogP contribution in [0.3, 0.4) is 0 Å². The van der Waals surface area contributed by atoms with E-state index < -0.39 is 0 Å². The van der Waals surface area contributed by atoms with E-state index in [1.54, 1.807) is 0 Å². The zero-order chi connectivity index (χ0) is 6.53. The van der Waals surface area contributed by atoms with E-state index in [2.05, 4.69) is 10.9 Å². The molecule has 0 N–H and O–H groups in total. The van der Waals surface area contributed by atoms with Crippen LogP contribution >= 0.6 is 0 Å². The van der Waals surface area contributed by atoms with Crippen LogP contribution in [0.5, 0.6) is 0 Å². The average Bonchev–Trinajstić information content (AvgIpc) is 2.13. The monoisotopic (exact) mass is 123 g/mol. The van der Waals surface area contributed by atoms with Crippen molar-refractivity contribution in [2.24, 2.45) is 0 Å². The third-order valence-electron chi connectivity index (χ3n) is 1.79. The molecule has 1 saturated heterocycles. The molecule has 1 fully saturated rings. The van der Waals surface area contributed by atoms with Crippen LogP contribution in [-0.2, 0) is 0 Å². The van der Waals surface area contributed by atoms with Gasteiger partial charge in [-0.05, 0) is 12.8 Å². The van der Waals surface area contributed by atoms with Crippen molar-refractivity contribution in [3.8, 4) is 12.5 Å². The van der Waals surface area contributed by atoms with Crippen molar-refractivity contribution in [3.05, 3.63) is 0 Å². The summed E-state index contributed by atoms with van der Waals surface area (Å²) in [5.74, 6) is 0. The Balaban J connectivity index is 2.29. The smallest absolute Gasteiger partial charge is 0.0260 e. The molecule has 1 rings (SSSR count). The van der Waals surface area contributed by atoms with Crippen molar-refractivity contribution in [2.45, 2.75) is 25.7 Å². The van der Waals surface area contributed by atoms with E-state index in [0.29, 0.717) is 0 Å². The minimum absolute atomic E-state index is 1.11. The van der Waals surface area contributed by atoms with Crippen LogP contribution in [-0.4, -0.2) is 18.0 Å². The Kier molecular flexibility index (Phi) is 2.45. The molecule has 0 aromatic carbocycles. The van der Waals surface area contributed by atoms with Gasteiger partial charge in [-0.1, -0.05) is 19.3 Å². The van der Waals surface area contributed by atoms with E-state index in [4.69, 9.17) is 6.42 Å². The lowest BCUT2D eigenvalue weighted by molar-refractivity contribution is 0.415. The van der Waals surface area contributed by atoms with Crippen molar-refractivity contribution < 1.29 is 0 Å². The molecule has 0 spiro atoms. The van der Waals surface area contributed by atoms with Gasteiger partial charge in [0, 0.05) is 19.1 Å². The van der Waals surface area contributed by atoms with Crippen molar-refractivity contribution in [3.63, 3.8) is 0 Å². The van der Waals surface area contributed by atoms with Crippen molar-refractivity contribution in [2.75, 3.05) is 13.1 Å². The van der Waals surface area contributed by atoms with Crippen LogP contribution in [0.1, 0.15) is 25.7 Å². The van der Waals surface area contributed by atoms with Gasteiger partial charge in [0.2, 0.25) is 0 Å². The maximum Gasteiger partial charge on any atom is 0.0260 e. The topological polar surface area (TPSA) is 3.24 Å². The molecule has 9 heavy (non-hydrogen) atoms. The summed E-state index contributed by atoms with van der Waals surface area (Å²) < 4.78 is 0. The second kappa shape index (κ2) is 3.40. The normalized spacial score (nSPS) is 20.6. The SMILES string of the molecule is C#CN1CCCCCC1. The summed E-state index contributed by atoms with van der Waals surface area (Å²) in [6.45, 7) is 2.22. The molecule has 0 aromatic rings. The van der Waals surface area contributed by atoms with Crippen molar-refractivity contribution in [1.29, 1.82) is 0 Å². The first-order valence-corrected chi connectivity index (χ1v) is 3.64. The van der Waals surface area contributed by atoms with Gasteiger partial charge >= 0.3 is 0 Å². The van der Waals surface area contributed by atoms with Gasteiger partial charge in [-0.3, -0.25) is 0 Å². The fourth-order valence-corrected chi connectivity index (χ4v) is 1.20. The molecular weight excluding hydrogens is 110 g/mol. The summed E-state index contributed by atoms with van der Waals surface area (Å²) in [7, 11) is 0. The van der Waals surface area contributed by atoms with Crippen LogP contribution in [0.25, 0.3) is 0 Å². The van der Waals surface area contributed by atoms with E-state index in [1.807, 2.05) is 0 Å². The summed E-state index contributed by atoms with van der Waals surface area (Å²) in [4.78, 5) is 2.08. The Hall–Kier alpha value is -0.640. The Bertz CT molecular complexity index is 104. The zero-order valence-corrected chi connectivity index (χ0v) is 5.77. The Labute approximate surface area is 57.0 Å². The Morgan fingerprint density at radius 1 is 1.00 bits per heavy atom. The predicted molar refractivity (Wildman–Crippen MR) is 38.9 cm³/mol. The van der Waals surface area contributed by atoms with Crippen LogP contribution in [0, 0.1) is 12.5 Å². The molecule has 0 aromatic heterocycles. The molecule has 0 atom stereocenters. The van der Waals surface area contributed by atoms with Crippen LogP contribution < -0.4 is 0 Å². The highest BCUT2D eigenvalue weighted by molar-refractivity contribution is 4.85. The number of rotatable bonds is 0. The first-order valence-electron chi connectivity index (χ1n) is 3.64. The van der Waals surface area contributed by atoms with Crippen molar-refractivity contribution >= 4 is 0 Å². The van der Waals surface area contributed by atoms with Crippen molar-refractivity contribution in [1.82, 2.24) is 4.90 Å². The first kappa shape index (κ1) is 6.48. The van der Waals surface area contributed by atoms with E-state index >= 15 is 0 Å².